The minimum atomic E-state index is -0.0250. The average molecular weight is 459 g/mol. The molecule has 0 saturated carbocycles. The van der Waals surface area contributed by atoms with Crippen LogP contribution in [-0.2, 0) is 11.2 Å². The normalized spacial score (nSPS) is 23.6. The number of piperazine rings is 1. The van der Waals surface area contributed by atoms with Crippen LogP contribution in [0.2, 0.25) is 0 Å². The van der Waals surface area contributed by atoms with E-state index in [0.29, 0.717) is 6.04 Å². The first-order valence-corrected chi connectivity index (χ1v) is 12.3. The van der Waals surface area contributed by atoms with Crippen molar-refractivity contribution in [3.05, 3.63) is 70.7 Å². The highest BCUT2D eigenvalue weighted by Gasteiger charge is 2.28. The summed E-state index contributed by atoms with van der Waals surface area (Å²) >= 11 is 0. The molecule has 0 aliphatic carbocycles. The first kappa shape index (κ1) is 22.6. The molecule has 0 spiro atoms. The fourth-order valence-corrected chi connectivity index (χ4v) is 5.18. The van der Waals surface area contributed by atoms with Crippen molar-refractivity contribution in [1.29, 1.82) is 0 Å². The first-order valence-electron chi connectivity index (χ1n) is 12.3. The molecule has 1 saturated heterocycles. The predicted octanol–water partition coefficient (Wildman–Crippen LogP) is 3.83. The molecule has 0 radical (unpaired) electrons. The maximum Gasteiger partial charge on any atom is 0.255 e. The van der Waals surface area contributed by atoms with Gasteiger partial charge in [0.15, 0.2) is 0 Å². The van der Waals surface area contributed by atoms with Gasteiger partial charge in [0.1, 0.15) is 0 Å². The van der Waals surface area contributed by atoms with Crippen molar-refractivity contribution in [3.63, 3.8) is 0 Å². The summed E-state index contributed by atoms with van der Waals surface area (Å²) in [5, 5.41) is 8.35. The van der Waals surface area contributed by atoms with Crippen LogP contribution >= 0.6 is 0 Å². The lowest BCUT2D eigenvalue weighted by molar-refractivity contribution is -0.122. The van der Waals surface area contributed by atoms with Crippen molar-refractivity contribution in [2.45, 2.75) is 53.5 Å². The molecule has 2 aromatic rings. The number of nitrogens with zero attached hydrogens (tertiary/aromatic N) is 5. The molecular weight excluding hydrogens is 424 g/mol. The third-order valence-corrected chi connectivity index (χ3v) is 7.02. The molecule has 178 valence electrons. The smallest absolute Gasteiger partial charge is 0.255 e. The van der Waals surface area contributed by atoms with Crippen LogP contribution in [-0.4, -0.2) is 56.0 Å². The molecule has 34 heavy (non-hydrogen) atoms. The van der Waals surface area contributed by atoms with Gasteiger partial charge in [0.2, 0.25) is 0 Å². The maximum absolute atomic E-state index is 13.6. The molecule has 2 unspecified atom stereocenters. The van der Waals surface area contributed by atoms with Gasteiger partial charge >= 0.3 is 0 Å². The van der Waals surface area contributed by atoms with Gasteiger partial charge in [0, 0.05) is 43.6 Å². The summed E-state index contributed by atoms with van der Waals surface area (Å²) < 4.78 is 1.91. The molecule has 7 heteroatoms. The second-order valence-corrected chi connectivity index (χ2v) is 9.76. The highest BCUT2D eigenvalue weighted by Crippen LogP contribution is 2.34. The molecule has 7 nitrogen and oxygen atoms in total. The van der Waals surface area contributed by atoms with Crippen LogP contribution in [0.3, 0.4) is 0 Å². The molecule has 3 aliphatic heterocycles. The van der Waals surface area contributed by atoms with Gasteiger partial charge in [-0.1, -0.05) is 19.9 Å². The Labute approximate surface area is 201 Å². The van der Waals surface area contributed by atoms with E-state index in [2.05, 4.69) is 61.1 Å². The Morgan fingerprint density at radius 2 is 2.03 bits per heavy atom. The third kappa shape index (κ3) is 4.09. The molecule has 5 rings (SSSR count). The van der Waals surface area contributed by atoms with Gasteiger partial charge in [-0.25, -0.2) is 4.52 Å². The quantitative estimate of drug-likeness (QED) is 0.757. The van der Waals surface area contributed by atoms with E-state index in [0.717, 1.165) is 77.6 Å². The van der Waals surface area contributed by atoms with Crippen molar-refractivity contribution in [2.75, 3.05) is 19.6 Å². The number of fused-ring (bicyclic) bond motifs is 2. The van der Waals surface area contributed by atoms with Gasteiger partial charge in [0.25, 0.3) is 5.91 Å². The lowest BCUT2D eigenvalue weighted by Crippen LogP contribution is -2.49. The predicted molar refractivity (Wildman–Crippen MR) is 135 cm³/mol. The zero-order chi connectivity index (χ0) is 24.0. The number of carbonyl (C=O) groups excluding carboxylic acids is 1. The number of allylic oxidation sites excluding steroid dienone is 4. The average Bonchev–Trinajstić information content (AvgIpc) is 3.23. The molecule has 3 aliphatic rings. The standard InChI is InChI=1S/C27H34N6O/c1-6-23-26-13-24(30-33(26)15-20(5)29-23)22-12-27(34)32-16-21(31-10-9-28-19(4)14-31)11-18(3)25(32)8-7-17(22)2/h8,11-13,15-17,19,28H,6-7,9-10,14H2,1-5H3. The van der Waals surface area contributed by atoms with Crippen molar-refractivity contribution in [3.8, 4) is 0 Å². The number of amides is 1. The summed E-state index contributed by atoms with van der Waals surface area (Å²) in [6, 6.07) is 2.51. The number of hydrogen-bond donors (Lipinski definition) is 1. The van der Waals surface area contributed by atoms with Gasteiger partial charge in [-0.2, -0.15) is 5.10 Å². The zero-order valence-corrected chi connectivity index (χ0v) is 20.8. The van der Waals surface area contributed by atoms with E-state index in [1.807, 2.05) is 28.7 Å². The van der Waals surface area contributed by atoms with Crippen LogP contribution in [0, 0.1) is 12.8 Å². The number of aromatic nitrogens is 3. The Kier molecular flexibility index (Phi) is 5.90. The molecular formula is C27H34N6O. The molecule has 0 aromatic carbocycles. The second-order valence-electron chi connectivity index (χ2n) is 9.76. The lowest BCUT2D eigenvalue weighted by Gasteiger charge is -2.38. The fourth-order valence-electron chi connectivity index (χ4n) is 5.18. The maximum atomic E-state index is 13.6. The van der Waals surface area contributed by atoms with Gasteiger partial charge in [0.05, 0.1) is 34.5 Å². The van der Waals surface area contributed by atoms with Crippen molar-refractivity contribution in [2.24, 2.45) is 5.92 Å². The highest BCUT2D eigenvalue weighted by atomic mass is 16.2. The molecule has 2 atom stereocenters. The largest absolute Gasteiger partial charge is 0.368 e. The number of rotatable bonds is 3. The van der Waals surface area contributed by atoms with E-state index in [4.69, 9.17) is 5.10 Å². The Morgan fingerprint density at radius 3 is 2.79 bits per heavy atom. The highest BCUT2D eigenvalue weighted by molar-refractivity contribution is 5.98. The second kappa shape index (κ2) is 8.87. The summed E-state index contributed by atoms with van der Waals surface area (Å²) in [5.74, 6) is 0.151. The first-order chi connectivity index (χ1) is 16.3. The molecule has 1 amide bonds. The van der Waals surface area contributed by atoms with E-state index in [9.17, 15) is 4.79 Å². The van der Waals surface area contributed by atoms with Crippen LogP contribution in [0.4, 0.5) is 0 Å². The van der Waals surface area contributed by atoms with Gasteiger partial charge < -0.3 is 10.2 Å². The van der Waals surface area contributed by atoms with E-state index in [1.54, 1.807) is 6.08 Å². The number of hydrogen-bond acceptors (Lipinski definition) is 5. The van der Waals surface area contributed by atoms with Crippen LogP contribution in [0.1, 0.15) is 51.2 Å². The summed E-state index contributed by atoms with van der Waals surface area (Å²) in [4.78, 5) is 22.5. The monoisotopic (exact) mass is 458 g/mol. The zero-order valence-electron chi connectivity index (χ0n) is 20.8. The number of aryl methyl sites for hydroxylation is 2. The Hall–Kier alpha value is -3.19. The van der Waals surface area contributed by atoms with Crippen molar-refractivity contribution in [1.82, 2.24) is 29.7 Å². The van der Waals surface area contributed by atoms with Crippen molar-refractivity contribution < 1.29 is 4.79 Å². The third-order valence-electron chi connectivity index (χ3n) is 7.02. The molecule has 2 aromatic heterocycles. The topological polar surface area (TPSA) is 65.8 Å². The molecule has 1 N–H and O–H groups in total. The van der Waals surface area contributed by atoms with Crippen LogP contribution in [0.15, 0.2) is 53.7 Å². The summed E-state index contributed by atoms with van der Waals surface area (Å²) in [7, 11) is 0. The van der Waals surface area contributed by atoms with E-state index >= 15 is 0 Å². The molecule has 5 heterocycles. The van der Waals surface area contributed by atoms with E-state index in [1.165, 1.54) is 0 Å². The molecule has 1 fully saturated rings. The van der Waals surface area contributed by atoms with Crippen LogP contribution in [0.25, 0.3) is 11.1 Å². The minimum absolute atomic E-state index is 0.0250. The Bertz CT molecular complexity index is 1260. The van der Waals surface area contributed by atoms with Crippen LogP contribution < -0.4 is 5.32 Å². The number of carbonyl (C=O) groups is 1. The van der Waals surface area contributed by atoms with Gasteiger partial charge in [-0.05, 0) is 62.8 Å². The number of nitrogens with one attached hydrogen (secondary N) is 1. The van der Waals surface area contributed by atoms with Crippen molar-refractivity contribution >= 4 is 17.0 Å². The van der Waals surface area contributed by atoms with Gasteiger partial charge in [-0.15, -0.1) is 0 Å². The van der Waals surface area contributed by atoms with E-state index < -0.39 is 0 Å². The lowest BCUT2D eigenvalue weighted by atomic mass is 9.91. The summed E-state index contributed by atoms with van der Waals surface area (Å²) in [6.07, 6.45) is 11.9. The van der Waals surface area contributed by atoms with Gasteiger partial charge in [-0.3, -0.25) is 14.7 Å². The Morgan fingerprint density at radius 1 is 1.21 bits per heavy atom. The SMILES string of the molecule is CCc1nc(C)cn2nc(C3=CC(=O)N4C=C(N5CCNC(C)C5)C=C(C)C4=CCC3C)cc12. The summed E-state index contributed by atoms with van der Waals surface area (Å²) in [5.41, 5.74) is 8.02. The fraction of sp³-hybridized carbons (Fsp3) is 0.444. The van der Waals surface area contributed by atoms with E-state index in [-0.39, 0.29) is 11.8 Å². The minimum Gasteiger partial charge on any atom is -0.368 e. The molecule has 0 bridgehead atoms. The van der Waals surface area contributed by atoms with Crippen LogP contribution in [0.5, 0.6) is 0 Å². The Balaban J connectivity index is 1.52. The summed E-state index contributed by atoms with van der Waals surface area (Å²) in [6.45, 7) is 13.4.